The largest absolute Gasteiger partial charge is 0.369 e. The highest BCUT2D eigenvalue weighted by molar-refractivity contribution is 6.35. The Kier molecular flexibility index (Phi) is 4.90. The lowest BCUT2D eigenvalue weighted by atomic mass is 9.96. The van der Waals surface area contributed by atoms with E-state index in [1.165, 1.54) is 12.1 Å². The Morgan fingerprint density at radius 1 is 1.22 bits per heavy atom. The number of aromatic nitrogens is 2. The van der Waals surface area contributed by atoms with Gasteiger partial charge in [-0.25, -0.2) is 4.39 Å². The van der Waals surface area contributed by atoms with Gasteiger partial charge in [-0.05, 0) is 43.2 Å². The van der Waals surface area contributed by atoms with E-state index in [1.807, 2.05) is 12.1 Å². The Balaban J connectivity index is 1.54. The number of rotatable bonds is 3. The summed E-state index contributed by atoms with van der Waals surface area (Å²) in [5.74, 6) is -0.547. The normalized spacial score (nSPS) is 17.1. The molecule has 1 unspecified atom stereocenters. The van der Waals surface area contributed by atoms with Crippen LogP contribution in [0.2, 0.25) is 5.02 Å². The standard InChI is InChI=1S/C20H18ClFN4O/c21-17-5-1-4-16-18(11-23-25-19(16)17)26-10-2-3-13(12-26)20(27)24-15-8-6-14(22)7-9-15/h1,4-9,11,13H,2-3,10,12H2,(H,24,27). The maximum atomic E-state index is 13.0. The zero-order valence-corrected chi connectivity index (χ0v) is 15.3. The zero-order valence-electron chi connectivity index (χ0n) is 14.5. The number of benzene rings is 2. The quantitative estimate of drug-likeness (QED) is 0.732. The topological polar surface area (TPSA) is 58.1 Å². The van der Waals surface area contributed by atoms with Crippen molar-refractivity contribution in [3.63, 3.8) is 0 Å². The number of amides is 1. The van der Waals surface area contributed by atoms with Crippen molar-refractivity contribution in [3.8, 4) is 0 Å². The first kappa shape index (κ1) is 17.7. The fourth-order valence-electron chi connectivity index (χ4n) is 3.47. The molecule has 1 aliphatic heterocycles. The van der Waals surface area contributed by atoms with Crippen LogP contribution in [-0.2, 0) is 4.79 Å². The van der Waals surface area contributed by atoms with Crippen molar-refractivity contribution in [3.05, 3.63) is 59.5 Å². The maximum absolute atomic E-state index is 13.0. The van der Waals surface area contributed by atoms with Gasteiger partial charge in [0.05, 0.1) is 22.8 Å². The van der Waals surface area contributed by atoms with E-state index >= 15 is 0 Å². The molecule has 1 amide bonds. The Hall–Kier alpha value is -2.73. The Labute approximate surface area is 161 Å². The molecule has 1 N–H and O–H groups in total. The van der Waals surface area contributed by atoms with Crippen LogP contribution in [0.4, 0.5) is 15.8 Å². The second-order valence-electron chi connectivity index (χ2n) is 6.65. The first-order valence-corrected chi connectivity index (χ1v) is 9.21. The average molecular weight is 385 g/mol. The molecule has 1 saturated heterocycles. The fraction of sp³-hybridized carbons (Fsp3) is 0.250. The molecule has 138 valence electrons. The van der Waals surface area contributed by atoms with Crippen molar-refractivity contribution >= 4 is 39.8 Å². The van der Waals surface area contributed by atoms with Crippen molar-refractivity contribution in [1.82, 2.24) is 10.2 Å². The molecule has 1 atom stereocenters. The third-order valence-electron chi connectivity index (χ3n) is 4.85. The molecule has 0 bridgehead atoms. The first-order valence-electron chi connectivity index (χ1n) is 8.83. The molecule has 1 aliphatic rings. The number of hydrogen-bond donors (Lipinski definition) is 1. The Morgan fingerprint density at radius 3 is 2.85 bits per heavy atom. The minimum absolute atomic E-state index is 0.0596. The number of fused-ring (bicyclic) bond motifs is 1. The summed E-state index contributed by atoms with van der Waals surface area (Å²) in [5, 5.41) is 12.6. The molecule has 1 fully saturated rings. The van der Waals surface area contributed by atoms with E-state index in [0.717, 1.165) is 30.5 Å². The lowest BCUT2D eigenvalue weighted by molar-refractivity contribution is -0.120. The number of halogens is 2. The summed E-state index contributed by atoms with van der Waals surface area (Å²) in [4.78, 5) is 14.8. The van der Waals surface area contributed by atoms with E-state index in [1.54, 1.807) is 24.4 Å². The van der Waals surface area contributed by atoms with Crippen molar-refractivity contribution in [2.75, 3.05) is 23.3 Å². The number of nitrogens with one attached hydrogen (secondary N) is 1. The van der Waals surface area contributed by atoms with Gasteiger partial charge in [-0.1, -0.05) is 23.7 Å². The van der Waals surface area contributed by atoms with E-state index < -0.39 is 0 Å². The maximum Gasteiger partial charge on any atom is 0.229 e. The fourth-order valence-corrected chi connectivity index (χ4v) is 3.69. The first-order chi connectivity index (χ1) is 13.1. The van der Waals surface area contributed by atoms with Gasteiger partial charge in [-0.2, -0.15) is 5.10 Å². The van der Waals surface area contributed by atoms with Gasteiger partial charge in [-0.15, -0.1) is 5.10 Å². The molecule has 5 nitrogen and oxygen atoms in total. The molecule has 0 saturated carbocycles. The van der Waals surface area contributed by atoms with Crippen LogP contribution >= 0.6 is 11.6 Å². The minimum Gasteiger partial charge on any atom is -0.369 e. The van der Waals surface area contributed by atoms with Gasteiger partial charge in [-0.3, -0.25) is 4.79 Å². The van der Waals surface area contributed by atoms with Crippen LogP contribution in [0.25, 0.3) is 10.9 Å². The number of hydrogen-bond acceptors (Lipinski definition) is 4. The third-order valence-corrected chi connectivity index (χ3v) is 5.15. The van der Waals surface area contributed by atoms with Gasteiger partial charge < -0.3 is 10.2 Å². The molecule has 3 aromatic rings. The Morgan fingerprint density at radius 2 is 2.04 bits per heavy atom. The van der Waals surface area contributed by atoms with Crippen LogP contribution in [0, 0.1) is 11.7 Å². The minimum atomic E-state index is -0.326. The zero-order chi connectivity index (χ0) is 18.8. The van der Waals surface area contributed by atoms with Gasteiger partial charge in [0.1, 0.15) is 11.3 Å². The molecule has 2 aromatic carbocycles. The monoisotopic (exact) mass is 384 g/mol. The summed E-state index contributed by atoms with van der Waals surface area (Å²) in [6, 6.07) is 11.4. The molecule has 2 heterocycles. The molecule has 7 heteroatoms. The van der Waals surface area contributed by atoms with E-state index in [-0.39, 0.29) is 17.6 Å². The van der Waals surface area contributed by atoms with Gasteiger partial charge in [0, 0.05) is 24.2 Å². The van der Waals surface area contributed by atoms with Gasteiger partial charge in [0.2, 0.25) is 5.91 Å². The van der Waals surface area contributed by atoms with Crippen LogP contribution in [-0.4, -0.2) is 29.2 Å². The number of carbonyl (C=O) groups excluding carboxylic acids is 1. The van der Waals surface area contributed by atoms with E-state index in [0.29, 0.717) is 22.8 Å². The molecule has 0 radical (unpaired) electrons. The average Bonchev–Trinajstić information content (AvgIpc) is 2.70. The highest BCUT2D eigenvalue weighted by Gasteiger charge is 2.27. The van der Waals surface area contributed by atoms with Crippen LogP contribution in [0.5, 0.6) is 0 Å². The summed E-state index contributed by atoms with van der Waals surface area (Å²) in [7, 11) is 0. The van der Waals surface area contributed by atoms with Crippen molar-refractivity contribution in [1.29, 1.82) is 0 Å². The van der Waals surface area contributed by atoms with E-state index in [4.69, 9.17) is 11.6 Å². The number of nitrogens with zero attached hydrogens (tertiary/aromatic N) is 3. The predicted molar refractivity (Wildman–Crippen MR) is 105 cm³/mol. The van der Waals surface area contributed by atoms with Crippen molar-refractivity contribution in [2.24, 2.45) is 5.92 Å². The highest BCUT2D eigenvalue weighted by atomic mass is 35.5. The summed E-state index contributed by atoms with van der Waals surface area (Å²) < 4.78 is 13.0. The predicted octanol–water partition coefficient (Wildman–Crippen LogP) is 4.28. The SMILES string of the molecule is O=C(Nc1ccc(F)cc1)C1CCCN(c2cnnc3c(Cl)cccc23)C1. The molecule has 4 rings (SSSR count). The van der Waals surface area contributed by atoms with Gasteiger partial charge in [0.15, 0.2) is 0 Å². The number of anilines is 2. The molecular weight excluding hydrogens is 367 g/mol. The number of piperidine rings is 1. The van der Waals surface area contributed by atoms with E-state index in [2.05, 4.69) is 20.4 Å². The van der Waals surface area contributed by atoms with Crippen LogP contribution in [0.1, 0.15) is 12.8 Å². The second kappa shape index (κ2) is 7.48. The molecular formula is C20H18ClFN4O. The number of carbonyl (C=O) groups is 1. The highest BCUT2D eigenvalue weighted by Crippen LogP contribution is 2.31. The smallest absolute Gasteiger partial charge is 0.229 e. The van der Waals surface area contributed by atoms with Crippen molar-refractivity contribution < 1.29 is 9.18 Å². The summed E-state index contributed by atoms with van der Waals surface area (Å²) in [6.07, 6.45) is 3.42. The third kappa shape index (κ3) is 3.71. The van der Waals surface area contributed by atoms with Crippen LogP contribution in [0.15, 0.2) is 48.7 Å². The molecule has 1 aromatic heterocycles. The lowest BCUT2D eigenvalue weighted by Crippen LogP contribution is -2.41. The lowest BCUT2D eigenvalue weighted by Gasteiger charge is -2.34. The van der Waals surface area contributed by atoms with E-state index in [9.17, 15) is 9.18 Å². The summed E-state index contributed by atoms with van der Waals surface area (Å²) in [6.45, 7) is 1.42. The summed E-state index contributed by atoms with van der Waals surface area (Å²) >= 11 is 6.24. The Bertz CT molecular complexity index is 979. The summed E-state index contributed by atoms with van der Waals surface area (Å²) in [5.41, 5.74) is 2.19. The van der Waals surface area contributed by atoms with Crippen LogP contribution in [0.3, 0.4) is 0 Å². The van der Waals surface area contributed by atoms with Crippen molar-refractivity contribution in [2.45, 2.75) is 12.8 Å². The molecule has 0 spiro atoms. The second-order valence-corrected chi connectivity index (χ2v) is 7.05. The van der Waals surface area contributed by atoms with Gasteiger partial charge >= 0.3 is 0 Å². The molecule has 0 aliphatic carbocycles. The van der Waals surface area contributed by atoms with Crippen LogP contribution < -0.4 is 10.2 Å². The molecule has 27 heavy (non-hydrogen) atoms. The van der Waals surface area contributed by atoms with Gasteiger partial charge in [0.25, 0.3) is 0 Å².